The Morgan fingerprint density at radius 2 is 1.76 bits per heavy atom. The zero-order valence-corrected chi connectivity index (χ0v) is 12.7. The van der Waals surface area contributed by atoms with Gasteiger partial charge in [0, 0.05) is 5.56 Å². The van der Waals surface area contributed by atoms with Gasteiger partial charge in [-0.05, 0) is 45.5 Å². The van der Waals surface area contributed by atoms with Crippen LogP contribution in [-0.4, -0.2) is 14.5 Å². The highest BCUT2D eigenvalue weighted by Crippen LogP contribution is 2.35. The molecule has 2 rings (SSSR count). The fraction of sp³-hybridized carbons (Fsp3) is 0.467. The van der Waals surface area contributed by atoms with E-state index in [1.54, 1.807) is 0 Å². The highest BCUT2D eigenvalue weighted by atomic mass is 28.3. The van der Waals surface area contributed by atoms with Gasteiger partial charge in [0.2, 0.25) is 0 Å². The summed E-state index contributed by atoms with van der Waals surface area (Å²) >= 11 is 0. The monoisotopic (exact) mass is 245 g/mol. The van der Waals surface area contributed by atoms with Gasteiger partial charge in [-0.25, -0.2) is 4.57 Å². The number of nitrogens with zero attached hydrogens (tertiary/aromatic N) is 1. The molecule has 1 unspecified atom stereocenters. The average Bonchev–Trinajstić information content (AvgIpc) is 2.60. The van der Waals surface area contributed by atoms with Gasteiger partial charge in [-0.3, -0.25) is 0 Å². The third kappa shape index (κ3) is 2.38. The molecule has 1 aromatic rings. The van der Waals surface area contributed by atoms with E-state index in [1.807, 2.05) is 0 Å². The van der Waals surface area contributed by atoms with E-state index in [2.05, 4.69) is 74.8 Å². The molecule has 1 aromatic carbocycles. The fourth-order valence-corrected chi connectivity index (χ4v) is 5.44. The van der Waals surface area contributed by atoms with Crippen molar-refractivity contribution in [1.82, 2.24) is 4.57 Å². The summed E-state index contributed by atoms with van der Waals surface area (Å²) < 4.78 is 2.72. The summed E-state index contributed by atoms with van der Waals surface area (Å²) in [5.41, 5.74) is 3.11. The summed E-state index contributed by atoms with van der Waals surface area (Å²) in [7, 11) is -0.840. The third-order valence-electron chi connectivity index (χ3n) is 3.40. The summed E-state index contributed by atoms with van der Waals surface area (Å²) in [4.78, 5) is 0. The summed E-state index contributed by atoms with van der Waals surface area (Å²) in [5.74, 6) is 0. The zero-order valence-electron chi connectivity index (χ0n) is 11.6. The number of rotatable bonds is 2. The Labute approximate surface area is 107 Å². The van der Waals surface area contributed by atoms with E-state index >= 15 is 0 Å². The highest BCUT2D eigenvalue weighted by Gasteiger charge is 2.42. The lowest BCUT2D eigenvalue weighted by Gasteiger charge is -2.33. The van der Waals surface area contributed by atoms with E-state index in [-0.39, 0.29) is 5.54 Å². The van der Waals surface area contributed by atoms with E-state index in [0.717, 1.165) is 0 Å². The van der Waals surface area contributed by atoms with Crippen molar-refractivity contribution in [2.75, 3.05) is 0 Å². The van der Waals surface area contributed by atoms with Gasteiger partial charge < -0.3 is 0 Å². The Balaban J connectivity index is 2.39. The number of hydrogen-bond donors (Lipinski definition) is 0. The highest BCUT2D eigenvalue weighted by molar-refractivity contribution is 6.54. The largest absolute Gasteiger partial charge is 0.310 e. The summed E-state index contributed by atoms with van der Waals surface area (Å²) in [6.45, 7) is 11.8. The zero-order chi connectivity index (χ0) is 12.6. The van der Waals surface area contributed by atoms with E-state index in [4.69, 9.17) is 0 Å². The molecule has 0 heterocycles. The summed E-state index contributed by atoms with van der Waals surface area (Å²) in [5, 5.41) is 0. The number of benzene rings is 1. The lowest BCUT2D eigenvalue weighted by Crippen LogP contribution is -2.54. The van der Waals surface area contributed by atoms with Crippen LogP contribution in [0.2, 0.25) is 13.1 Å². The molecule has 0 fully saturated rings. The molecular weight excluding hydrogens is 222 g/mol. The van der Waals surface area contributed by atoms with Crippen LogP contribution < -0.4 is 4.57 Å². The molecule has 1 aliphatic rings. The van der Waals surface area contributed by atoms with Crippen molar-refractivity contribution in [1.29, 1.82) is 0 Å². The van der Waals surface area contributed by atoms with E-state index < -0.39 is 8.96 Å². The lowest BCUT2D eigenvalue weighted by molar-refractivity contribution is 0.321. The predicted octanol–water partition coefficient (Wildman–Crippen LogP) is 3.68. The van der Waals surface area contributed by atoms with Crippen LogP contribution in [0.5, 0.6) is 0 Å². The van der Waals surface area contributed by atoms with E-state index in [9.17, 15) is 0 Å². The third-order valence-corrected chi connectivity index (χ3v) is 5.61. The molecule has 0 bridgehead atoms. The minimum absolute atomic E-state index is 0.243. The second kappa shape index (κ2) is 4.43. The van der Waals surface area contributed by atoms with Gasteiger partial charge in [0.25, 0.3) is 0 Å². The molecule has 0 saturated carbocycles. The topological polar surface area (TPSA) is 5.90 Å². The van der Waals surface area contributed by atoms with E-state index in [1.165, 1.54) is 11.1 Å². The van der Waals surface area contributed by atoms with Crippen molar-refractivity contribution in [2.24, 2.45) is 0 Å². The van der Waals surface area contributed by atoms with Crippen LogP contribution in [0.3, 0.4) is 0 Å². The van der Waals surface area contributed by atoms with Crippen LogP contribution in [-0.2, 0) is 0 Å². The molecule has 2 heteroatoms. The maximum atomic E-state index is 2.72. The second-order valence-corrected chi connectivity index (χ2v) is 8.85. The second-order valence-electron chi connectivity index (χ2n) is 6.10. The van der Waals surface area contributed by atoms with E-state index in [0.29, 0.717) is 6.04 Å². The van der Waals surface area contributed by atoms with Crippen molar-refractivity contribution in [3.63, 3.8) is 0 Å². The number of fused-ring (bicyclic) bond motifs is 1. The Morgan fingerprint density at radius 1 is 1.12 bits per heavy atom. The molecule has 0 aliphatic heterocycles. The van der Waals surface area contributed by atoms with Gasteiger partial charge in [0.1, 0.15) is 5.54 Å². The van der Waals surface area contributed by atoms with Gasteiger partial charge in [-0.2, -0.15) is 0 Å². The van der Waals surface area contributed by atoms with Gasteiger partial charge in [0.15, 0.2) is 6.04 Å². The standard InChI is InChI=1S/C15H23NSi/c1-15(2,3)16(17(4)5)14-11-10-12-8-6-7-9-13(12)14/h6-11,14,17H,1-5H3/q+1. The molecule has 0 spiro atoms. The van der Waals surface area contributed by atoms with Crippen molar-refractivity contribution < 1.29 is 0 Å². The Bertz CT molecular complexity index is 429. The maximum Gasteiger partial charge on any atom is 0.310 e. The Hall–Kier alpha value is -0.863. The van der Waals surface area contributed by atoms with Crippen LogP contribution in [0.15, 0.2) is 30.3 Å². The molecule has 0 saturated heterocycles. The molecule has 1 radical (unpaired) electrons. The Morgan fingerprint density at radius 3 is 2.35 bits per heavy atom. The quantitative estimate of drug-likeness (QED) is 0.701. The minimum Gasteiger partial charge on any atom is -0.228 e. The van der Waals surface area contributed by atoms with Crippen LogP contribution in [0.1, 0.15) is 37.9 Å². The molecule has 0 amide bonds. The van der Waals surface area contributed by atoms with Gasteiger partial charge >= 0.3 is 8.96 Å². The van der Waals surface area contributed by atoms with Crippen LogP contribution in [0, 0.1) is 0 Å². The summed E-state index contributed by atoms with van der Waals surface area (Å²) in [6, 6.07) is 9.25. The van der Waals surface area contributed by atoms with Crippen LogP contribution in [0.25, 0.3) is 6.08 Å². The smallest absolute Gasteiger partial charge is 0.228 e. The maximum absolute atomic E-state index is 2.72. The fourth-order valence-electron chi connectivity index (χ4n) is 2.99. The number of hydrogen-bond acceptors (Lipinski definition) is 1. The lowest BCUT2D eigenvalue weighted by atomic mass is 10.0. The first-order valence-electron chi connectivity index (χ1n) is 6.47. The molecule has 0 N–H and O–H groups in total. The molecule has 17 heavy (non-hydrogen) atoms. The van der Waals surface area contributed by atoms with Gasteiger partial charge in [0.05, 0.1) is 0 Å². The van der Waals surface area contributed by atoms with Crippen LogP contribution in [0.4, 0.5) is 0 Å². The molecule has 1 aliphatic carbocycles. The summed E-state index contributed by atoms with van der Waals surface area (Å²) in [6.07, 6.45) is 4.64. The predicted molar refractivity (Wildman–Crippen MR) is 79.0 cm³/mol. The molecule has 1 atom stereocenters. The molecule has 0 aromatic heterocycles. The van der Waals surface area contributed by atoms with Crippen molar-refractivity contribution in [3.8, 4) is 0 Å². The first-order chi connectivity index (χ1) is 7.91. The molecular formula is C15H23NSi+. The Kier molecular flexibility index (Phi) is 3.28. The van der Waals surface area contributed by atoms with Crippen molar-refractivity contribution in [2.45, 2.75) is 45.4 Å². The van der Waals surface area contributed by atoms with Gasteiger partial charge in [-0.15, -0.1) is 0 Å². The van der Waals surface area contributed by atoms with Crippen molar-refractivity contribution in [3.05, 3.63) is 41.5 Å². The minimum atomic E-state index is -0.840. The SMILES string of the molecule is C[SiH](C)[N+](C1C=Cc2ccccc21)C(C)(C)C. The normalized spacial score (nSPS) is 19.1. The van der Waals surface area contributed by atoms with Crippen molar-refractivity contribution >= 4 is 15.0 Å². The van der Waals surface area contributed by atoms with Crippen LogP contribution >= 0.6 is 0 Å². The molecule has 91 valence electrons. The first kappa shape index (κ1) is 12.6. The first-order valence-corrected chi connectivity index (χ1v) is 9.29. The average molecular weight is 245 g/mol. The van der Waals surface area contributed by atoms with Gasteiger partial charge in [-0.1, -0.05) is 30.3 Å². The molecule has 1 nitrogen and oxygen atoms in total.